The van der Waals surface area contributed by atoms with Crippen LogP contribution in [0, 0.1) is 5.92 Å². The van der Waals surface area contributed by atoms with Crippen molar-refractivity contribution >= 4 is 5.91 Å². The van der Waals surface area contributed by atoms with E-state index >= 15 is 0 Å². The van der Waals surface area contributed by atoms with Gasteiger partial charge in [-0.25, -0.2) is 0 Å². The van der Waals surface area contributed by atoms with Crippen LogP contribution >= 0.6 is 0 Å². The number of methoxy groups -OCH3 is 1. The van der Waals surface area contributed by atoms with E-state index in [9.17, 15) is 4.79 Å². The van der Waals surface area contributed by atoms with Gasteiger partial charge in [-0.05, 0) is 24.8 Å². The van der Waals surface area contributed by atoms with Gasteiger partial charge in [0.1, 0.15) is 5.75 Å². The molecule has 1 aromatic rings. The van der Waals surface area contributed by atoms with Gasteiger partial charge in [0.25, 0.3) is 0 Å². The van der Waals surface area contributed by atoms with E-state index in [-0.39, 0.29) is 11.9 Å². The van der Waals surface area contributed by atoms with Gasteiger partial charge in [-0.3, -0.25) is 4.79 Å². The first-order chi connectivity index (χ1) is 9.49. The number of nitrogens with two attached hydrogens (primary N) is 1. The van der Waals surface area contributed by atoms with Crippen LogP contribution in [0.3, 0.4) is 0 Å². The Morgan fingerprint density at radius 2 is 2.00 bits per heavy atom. The van der Waals surface area contributed by atoms with Crippen LogP contribution in [0.2, 0.25) is 0 Å². The number of hydrogen-bond acceptors (Lipinski definition) is 3. The van der Waals surface area contributed by atoms with Gasteiger partial charge in [0.05, 0.1) is 19.2 Å². The van der Waals surface area contributed by atoms with E-state index in [1.807, 2.05) is 31.2 Å². The zero-order valence-corrected chi connectivity index (χ0v) is 12.8. The van der Waals surface area contributed by atoms with Crippen LogP contribution in [0.4, 0.5) is 0 Å². The molecular formula is C16H26N2O2. The first-order valence-corrected chi connectivity index (χ1v) is 7.18. The smallest absolute Gasteiger partial charge is 0.237 e. The minimum atomic E-state index is -0.459. The molecule has 1 amide bonds. The summed E-state index contributed by atoms with van der Waals surface area (Å²) in [7, 11) is 1.64. The lowest BCUT2D eigenvalue weighted by Gasteiger charge is -2.22. The van der Waals surface area contributed by atoms with Crippen LogP contribution in [0.25, 0.3) is 0 Å². The Labute approximate surface area is 121 Å². The highest BCUT2D eigenvalue weighted by molar-refractivity contribution is 5.82. The minimum absolute atomic E-state index is 0.0723. The van der Waals surface area contributed by atoms with Crippen molar-refractivity contribution in [3.8, 4) is 5.75 Å². The summed E-state index contributed by atoms with van der Waals surface area (Å²) in [6.07, 6.45) is 1.48. The number of amides is 1. The SMILES string of the molecule is CCC(NC(=O)C(N)CC(C)C)c1ccccc1OC. The summed E-state index contributed by atoms with van der Waals surface area (Å²) in [6.45, 7) is 6.15. The Morgan fingerprint density at radius 3 is 2.55 bits per heavy atom. The fourth-order valence-electron chi connectivity index (χ4n) is 2.25. The third kappa shape index (κ3) is 4.53. The van der Waals surface area contributed by atoms with E-state index in [0.717, 1.165) is 17.7 Å². The number of hydrogen-bond donors (Lipinski definition) is 2. The van der Waals surface area contributed by atoms with E-state index in [1.165, 1.54) is 0 Å². The highest BCUT2D eigenvalue weighted by Gasteiger charge is 2.20. The fraction of sp³-hybridized carbons (Fsp3) is 0.562. The van der Waals surface area contributed by atoms with Crippen molar-refractivity contribution in [2.75, 3.05) is 7.11 Å². The van der Waals surface area contributed by atoms with Crippen LogP contribution in [0.1, 0.15) is 45.2 Å². The van der Waals surface area contributed by atoms with Crippen LogP contribution < -0.4 is 15.8 Å². The molecule has 0 aromatic heterocycles. The van der Waals surface area contributed by atoms with Crippen LogP contribution in [-0.4, -0.2) is 19.1 Å². The van der Waals surface area contributed by atoms with E-state index in [4.69, 9.17) is 10.5 Å². The molecule has 0 fully saturated rings. The first-order valence-electron chi connectivity index (χ1n) is 7.18. The maximum Gasteiger partial charge on any atom is 0.237 e. The molecule has 2 unspecified atom stereocenters. The van der Waals surface area contributed by atoms with Gasteiger partial charge in [-0.15, -0.1) is 0 Å². The summed E-state index contributed by atoms with van der Waals surface area (Å²) in [6, 6.07) is 7.21. The highest BCUT2D eigenvalue weighted by Crippen LogP contribution is 2.26. The second-order valence-electron chi connectivity index (χ2n) is 5.45. The van der Waals surface area contributed by atoms with Gasteiger partial charge in [-0.2, -0.15) is 0 Å². The fourth-order valence-corrected chi connectivity index (χ4v) is 2.25. The molecule has 3 N–H and O–H groups in total. The molecule has 0 radical (unpaired) electrons. The molecule has 0 aliphatic rings. The Morgan fingerprint density at radius 1 is 1.35 bits per heavy atom. The number of carbonyl (C=O) groups is 1. The molecule has 4 nitrogen and oxygen atoms in total. The Kier molecular flexibility index (Phi) is 6.52. The van der Waals surface area contributed by atoms with Gasteiger partial charge in [-0.1, -0.05) is 39.0 Å². The summed E-state index contributed by atoms with van der Waals surface area (Å²) in [5.74, 6) is 1.09. The maximum absolute atomic E-state index is 12.1. The lowest BCUT2D eigenvalue weighted by molar-refractivity contribution is -0.123. The minimum Gasteiger partial charge on any atom is -0.496 e. The molecule has 1 aromatic carbocycles. The van der Waals surface area contributed by atoms with Crippen molar-refractivity contribution < 1.29 is 9.53 Å². The average molecular weight is 278 g/mol. The van der Waals surface area contributed by atoms with Gasteiger partial charge < -0.3 is 15.8 Å². The third-order valence-corrected chi connectivity index (χ3v) is 3.30. The Bertz CT molecular complexity index is 432. The Balaban J connectivity index is 2.79. The molecule has 0 saturated carbocycles. The normalized spacial score (nSPS) is 13.9. The number of ether oxygens (including phenoxy) is 1. The van der Waals surface area contributed by atoms with Gasteiger partial charge in [0.2, 0.25) is 5.91 Å². The summed E-state index contributed by atoms with van der Waals surface area (Å²) < 4.78 is 5.35. The zero-order chi connectivity index (χ0) is 15.1. The van der Waals surface area contributed by atoms with Gasteiger partial charge >= 0.3 is 0 Å². The summed E-state index contributed by atoms with van der Waals surface area (Å²) in [5.41, 5.74) is 6.92. The number of nitrogens with one attached hydrogen (secondary N) is 1. The van der Waals surface area contributed by atoms with Crippen molar-refractivity contribution in [1.29, 1.82) is 0 Å². The molecule has 0 spiro atoms. The molecule has 20 heavy (non-hydrogen) atoms. The topological polar surface area (TPSA) is 64.4 Å². The summed E-state index contributed by atoms with van der Waals surface area (Å²) in [5, 5.41) is 3.02. The quantitative estimate of drug-likeness (QED) is 0.806. The lowest BCUT2D eigenvalue weighted by Crippen LogP contribution is -2.42. The van der Waals surface area contributed by atoms with Crippen molar-refractivity contribution in [2.45, 2.75) is 45.7 Å². The second-order valence-corrected chi connectivity index (χ2v) is 5.45. The second kappa shape index (κ2) is 7.90. The van der Waals surface area contributed by atoms with E-state index in [1.54, 1.807) is 7.11 Å². The van der Waals surface area contributed by atoms with Crippen molar-refractivity contribution in [3.63, 3.8) is 0 Å². The Hall–Kier alpha value is -1.55. The number of benzene rings is 1. The standard InChI is InChI=1S/C16H26N2O2/c1-5-14(12-8-6-7-9-15(12)20-4)18-16(19)13(17)10-11(2)3/h6-9,11,13-14H,5,10,17H2,1-4H3,(H,18,19). The molecule has 0 heterocycles. The number of para-hydroxylation sites is 1. The zero-order valence-electron chi connectivity index (χ0n) is 12.8. The molecule has 0 aliphatic carbocycles. The molecule has 1 rings (SSSR count). The lowest BCUT2D eigenvalue weighted by atomic mass is 10.0. The monoisotopic (exact) mass is 278 g/mol. The summed E-state index contributed by atoms with van der Waals surface area (Å²) in [4.78, 5) is 12.1. The van der Waals surface area contributed by atoms with E-state index in [0.29, 0.717) is 12.3 Å². The third-order valence-electron chi connectivity index (χ3n) is 3.30. The van der Waals surface area contributed by atoms with E-state index < -0.39 is 6.04 Å². The number of carbonyl (C=O) groups excluding carboxylic acids is 1. The van der Waals surface area contributed by atoms with Crippen molar-refractivity contribution in [3.05, 3.63) is 29.8 Å². The predicted molar refractivity (Wildman–Crippen MR) is 81.6 cm³/mol. The predicted octanol–water partition coefficient (Wildman–Crippen LogP) is 2.64. The van der Waals surface area contributed by atoms with Gasteiger partial charge in [0, 0.05) is 5.56 Å². The molecule has 0 bridgehead atoms. The largest absolute Gasteiger partial charge is 0.496 e. The first kappa shape index (κ1) is 16.5. The molecule has 112 valence electrons. The van der Waals surface area contributed by atoms with Crippen LogP contribution in [-0.2, 0) is 4.79 Å². The molecule has 0 aliphatic heterocycles. The highest BCUT2D eigenvalue weighted by atomic mass is 16.5. The molecule has 4 heteroatoms. The average Bonchev–Trinajstić information content (AvgIpc) is 2.43. The van der Waals surface area contributed by atoms with E-state index in [2.05, 4.69) is 19.2 Å². The van der Waals surface area contributed by atoms with Crippen molar-refractivity contribution in [1.82, 2.24) is 5.32 Å². The van der Waals surface area contributed by atoms with Crippen LogP contribution in [0.5, 0.6) is 5.75 Å². The van der Waals surface area contributed by atoms with Crippen molar-refractivity contribution in [2.24, 2.45) is 11.7 Å². The molecule has 2 atom stereocenters. The maximum atomic E-state index is 12.1. The summed E-state index contributed by atoms with van der Waals surface area (Å²) >= 11 is 0. The molecular weight excluding hydrogens is 252 g/mol. The van der Waals surface area contributed by atoms with Crippen LogP contribution in [0.15, 0.2) is 24.3 Å². The van der Waals surface area contributed by atoms with Gasteiger partial charge in [0.15, 0.2) is 0 Å². The number of rotatable bonds is 7. The molecule has 0 saturated heterocycles.